The summed E-state index contributed by atoms with van der Waals surface area (Å²) in [4.78, 5) is 10.6. The molecule has 14 heavy (non-hydrogen) atoms. The van der Waals surface area contributed by atoms with Crippen LogP contribution in [0.3, 0.4) is 0 Å². The van der Waals surface area contributed by atoms with Gasteiger partial charge >= 0.3 is 5.97 Å². The third-order valence-corrected chi connectivity index (χ3v) is 1.73. The van der Waals surface area contributed by atoms with Gasteiger partial charge in [-0.15, -0.1) is 0 Å². The molecule has 0 aliphatic carbocycles. The van der Waals surface area contributed by atoms with Crippen LogP contribution in [0.4, 0.5) is 5.69 Å². The van der Waals surface area contributed by atoms with Crippen molar-refractivity contribution in [3.63, 3.8) is 0 Å². The van der Waals surface area contributed by atoms with Crippen LogP contribution in [0.5, 0.6) is 11.5 Å². The van der Waals surface area contributed by atoms with E-state index in [1.807, 2.05) is 0 Å². The molecule has 1 aliphatic rings. The molecule has 1 heterocycles. The van der Waals surface area contributed by atoms with Crippen molar-refractivity contribution in [1.82, 2.24) is 0 Å². The van der Waals surface area contributed by atoms with Crippen LogP contribution >= 0.6 is 0 Å². The number of rotatable bonds is 1. The monoisotopic (exact) mass is 195 g/mol. The molecular weight excluding hydrogens is 186 g/mol. The largest absolute Gasteiger partial charge is 0.445 e. The first kappa shape index (κ1) is 8.83. The molecule has 5 nitrogen and oxygen atoms in total. The number of carbonyl (C=O) groups is 1. The lowest BCUT2D eigenvalue weighted by Crippen LogP contribution is -2.17. The lowest BCUT2D eigenvalue weighted by atomic mass is 10.3. The molecule has 0 aromatic heterocycles. The van der Waals surface area contributed by atoms with Gasteiger partial charge in [-0.1, -0.05) is 0 Å². The zero-order valence-electron chi connectivity index (χ0n) is 7.48. The van der Waals surface area contributed by atoms with Gasteiger partial charge in [0, 0.05) is 13.0 Å². The van der Waals surface area contributed by atoms with E-state index in [2.05, 4.69) is 5.32 Å². The maximum Gasteiger partial charge on any atom is 0.308 e. The van der Waals surface area contributed by atoms with Crippen molar-refractivity contribution >= 4 is 11.7 Å². The molecule has 0 saturated heterocycles. The molecule has 0 fully saturated rings. The summed E-state index contributed by atoms with van der Waals surface area (Å²) in [6.45, 7) is 1.32. The van der Waals surface area contributed by atoms with E-state index in [0.29, 0.717) is 17.2 Å². The topological polar surface area (TPSA) is 67.8 Å². The summed E-state index contributed by atoms with van der Waals surface area (Å²) in [5.41, 5.74) is 0.674. The predicted octanol–water partition coefficient (Wildman–Crippen LogP) is 0.692. The number of fused-ring (bicyclic) bond motifs is 1. The number of nitrogens with one attached hydrogen (secondary N) is 1. The van der Waals surface area contributed by atoms with Crippen LogP contribution in [-0.2, 0) is 4.79 Å². The Morgan fingerprint density at radius 2 is 2.43 bits per heavy atom. The summed E-state index contributed by atoms with van der Waals surface area (Å²) in [6.07, 6.45) is -1.03. The van der Waals surface area contributed by atoms with Crippen LogP contribution in [0.25, 0.3) is 0 Å². The quantitative estimate of drug-likeness (QED) is 0.509. The highest BCUT2D eigenvalue weighted by molar-refractivity contribution is 5.71. The molecule has 0 spiro atoms. The van der Waals surface area contributed by atoms with Gasteiger partial charge in [0.05, 0.1) is 5.69 Å². The second-order valence-corrected chi connectivity index (χ2v) is 2.87. The highest BCUT2D eigenvalue weighted by Crippen LogP contribution is 2.34. The summed E-state index contributed by atoms with van der Waals surface area (Å²) in [5, 5.41) is 11.8. The van der Waals surface area contributed by atoms with E-state index in [1.54, 1.807) is 18.2 Å². The molecule has 1 atom stereocenters. The highest BCUT2D eigenvalue weighted by Gasteiger charge is 2.19. The van der Waals surface area contributed by atoms with E-state index in [1.165, 1.54) is 6.92 Å². The fourth-order valence-electron chi connectivity index (χ4n) is 1.23. The molecule has 1 aromatic carbocycles. The van der Waals surface area contributed by atoms with Gasteiger partial charge in [0.25, 0.3) is 6.41 Å². The van der Waals surface area contributed by atoms with Gasteiger partial charge in [0.15, 0.2) is 5.75 Å². The van der Waals surface area contributed by atoms with Gasteiger partial charge in [-0.25, -0.2) is 0 Å². The first-order valence-corrected chi connectivity index (χ1v) is 4.09. The van der Waals surface area contributed by atoms with E-state index >= 15 is 0 Å². The van der Waals surface area contributed by atoms with Crippen molar-refractivity contribution in [3.8, 4) is 11.5 Å². The average molecular weight is 195 g/mol. The first-order chi connectivity index (χ1) is 6.65. The van der Waals surface area contributed by atoms with E-state index in [-0.39, 0.29) is 0 Å². The Morgan fingerprint density at radius 1 is 1.64 bits per heavy atom. The SMILES string of the molecule is CC(=O)Oc1ccc2c(c1)OC(O)N2. The Morgan fingerprint density at radius 3 is 3.14 bits per heavy atom. The van der Waals surface area contributed by atoms with Crippen molar-refractivity contribution in [1.29, 1.82) is 0 Å². The molecule has 74 valence electrons. The minimum Gasteiger partial charge on any atom is -0.445 e. The van der Waals surface area contributed by atoms with Crippen LogP contribution in [0.1, 0.15) is 6.92 Å². The second-order valence-electron chi connectivity index (χ2n) is 2.87. The van der Waals surface area contributed by atoms with Crippen LogP contribution in [0.15, 0.2) is 18.2 Å². The molecule has 1 aromatic rings. The molecule has 2 N–H and O–H groups in total. The number of ether oxygens (including phenoxy) is 2. The first-order valence-electron chi connectivity index (χ1n) is 4.09. The van der Waals surface area contributed by atoms with Crippen LogP contribution in [0.2, 0.25) is 0 Å². The normalized spacial score (nSPS) is 18.0. The number of aliphatic hydroxyl groups excluding tert-OH is 1. The van der Waals surface area contributed by atoms with Gasteiger partial charge in [0.1, 0.15) is 5.75 Å². The van der Waals surface area contributed by atoms with Crippen LogP contribution < -0.4 is 14.8 Å². The summed E-state index contributed by atoms with van der Waals surface area (Å²) in [7, 11) is 0. The third-order valence-electron chi connectivity index (χ3n) is 1.73. The molecule has 1 aliphatic heterocycles. The number of aliphatic hydroxyl groups is 1. The lowest BCUT2D eigenvalue weighted by molar-refractivity contribution is -0.131. The molecular formula is C9H9NO4. The number of benzene rings is 1. The van der Waals surface area contributed by atoms with Crippen molar-refractivity contribution in [2.24, 2.45) is 0 Å². The van der Waals surface area contributed by atoms with Crippen molar-refractivity contribution in [2.45, 2.75) is 13.3 Å². The maximum absolute atomic E-state index is 10.6. The Hall–Kier alpha value is -1.75. The Balaban J connectivity index is 2.24. The Kier molecular flexibility index (Phi) is 2.01. The van der Waals surface area contributed by atoms with E-state index in [9.17, 15) is 4.79 Å². The zero-order chi connectivity index (χ0) is 10.1. The smallest absolute Gasteiger partial charge is 0.308 e. The van der Waals surface area contributed by atoms with Gasteiger partial charge in [-0.2, -0.15) is 0 Å². The van der Waals surface area contributed by atoms with E-state index in [0.717, 1.165) is 0 Å². The Labute approximate surface area is 80.3 Å². The van der Waals surface area contributed by atoms with Gasteiger partial charge in [-0.3, -0.25) is 4.79 Å². The van der Waals surface area contributed by atoms with Crippen LogP contribution in [-0.4, -0.2) is 17.5 Å². The number of esters is 1. The Bertz CT molecular complexity index is 377. The molecule has 0 amide bonds. The summed E-state index contributed by atoms with van der Waals surface area (Å²) in [6, 6.07) is 4.83. The maximum atomic E-state index is 10.6. The molecule has 0 saturated carbocycles. The predicted molar refractivity (Wildman–Crippen MR) is 48.0 cm³/mol. The number of carbonyl (C=O) groups excluding carboxylic acids is 1. The number of anilines is 1. The molecule has 0 radical (unpaired) electrons. The second kappa shape index (κ2) is 3.19. The fraction of sp³-hybridized carbons (Fsp3) is 0.222. The average Bonchev–Trinajstić information content (AvgIpc) is 2.42. The van der Waals surface area contributed by atoms with Crippen molar-refractivity contribution < 1.29 is 19.4 Å². The van der Waals surface area contributed by atoms with Crippen molar-refractivity contribution in [3.05, 3.63) is 18.2 Å². The molecule has 1 unspecified atom stereocenters. The number of hydrogen-bond donors (Lipinski definition) is 2. The molecule has 5 heteroatoms. The minimum absolute atomic E-state index is 0.392. The van der Waals surface area contributed by atoms with Crippen molar-refractivity contribution in [2.75, 3.05) is 5.32 Å². The van der Waals surface area contributed by atoms with E-state index < -0.39 is 12.4 Å². The molecule has 0 bridgehead atoms. The minimum atomic E-state index is -1.03. The fourth-order valence-corrected chi connectivity index (χ4v) is 1.23. The van der Waals surface area contributed by atoms with Gasteiger partial charge in [-0.05, 0) is 12.1 Å². The summed E-state index contributed by atoms with van der Waals surface area (Å²) < 4.78 is 9.83. The molecule has 2 rings (SSSR count). The summed E-state index contributed by atoms with van der Waals surface area (Å²) >= 11 is 0. The van der Waals surface area contributed by atoms with E-state index in [4.69, 9.17) is 14.6 Å². The third kappa shape index (κ3) is 1.62. The van der Waals surface area contributed by atoms with Gasteiger partial charge < -0.3 is 19.9 Å². The zero-order valence-corrected chi connectivity index (χ0v) is 7.48. The highest BCUT2D eigenvalue weighted by atomic mass is 16.6. The summed E-state index contributed by atoms with van der Waals surface area (Å²) in [5.74, 6) is 0.472. The lowest BCUT2D eigenvalue weighted by Gasteiger charge is -2.02. The van der Waals surface area contributed by atoms with Crippen LogP contribution in [0, 0.1) is 0 Å². The van der Waals surface area contributed by atoms with Gasteiger partial charge in [0.2, 0.25) is 0 Å². The standard InChI is InChI=1S/C9H9NO4/c1-5(11)13-6-2-3-7-8(4-6)14-9(12)10-7/h2-4,9-10,12H,1H3. The number of hydrogen-bond acceptors (Lipinski definition) is 5.